The van der Waals surface area contributed by atoms with Crippen LogP contribution in [0.4, 0.5) is 0 Å². The van der Waals surface area contributed by atoms with Gasteiger partial charge in [-0.25, -0.2) is 4.98 Å². The Morgan fingerprint density at radius 3 is 2.63 bits per heavy atom. The molecule has 146 valence electrons. The fourth-order valence-electron chi connectivity index (χ4n) is 2.91. The normalized spacial score (nSPS) is 16.9. The summed E-state index contributed by atoms with van der Waals surface area (Å²) in [6, 6.07) is 8.35. The molecule has 2 unspecified atom stereocenters. The molecular formula is C20H27N3O3S. The van der Waals surface area contributed by atoms with Crippen molar-refractivity contribution in [1.82, 2.24) is 15.6 Å². The van der Waals surface area contributed by atoms with Crippen molar-refractivity contribution in [2.75, 3.05) is 20.7 Å². The smallest absolute Gasteiger partial charge is 0.307 e. The Labute approximate surface area is 164 Å². The maximum absolute atomic E-state index is 11.4. The number of aryl methyl sites for hydroxylation is 1. The van der Waals surface area contributed by atoms with Crippen LogP contribution in [0, 0.1) is 6.92 Å². The van der Waals surface area contributed by atoms with Crippen molar-refractivity contribution < 1.29 is 14.3 Å². The van der Waals surface area contributed by atoms with Crippen LogP contribution in [0.15, 0.2) is 29.8 Å². The minimum atomic E-state index is -0.216. The molecule has 0 radical (unpaired) electrons. The lowest BCUT2D eigenvalue weighted by molar-refractivity contribution is -0.141. The number of thiazole rings is 1. The lowest BCUT2D eigenvalue weighted by Gasteiger charge is -2.15. The van der Waals surface area contributed by atoms with E-state index in [0.717, 1.165) is 42.5 Å². The van der Waals surface area contributed by atoms with Crippen LogP contribution in [-0.2, 0) is 14.3 Å². The minimum absolute atomic E-state index is 0.0287. The third-order valence-corrected chi connectivity index (χ3v) is 5.51. The fraction of sp³-hybridized carbons (Fsp3) is 0.450. The van der Waals surface area contributed by atoms with E-state index in [1.807, 2.05) is 31.6 Å². The van der Waals surface area contributed by atoms with Crippen molar-refractivity contribution in [3.8, 4) is 10.4 Å². The molecule has 2 N–H and O–H groups in total. The third kappa shape index (κ3) is 6.23. The van der Waals surface area contributed by atoms with Gasteiger partial charge < -0.3 is 20.2 Å². The highest BCUT2D eigenvalue weighted by Crippen LogP contribution is 2.28. The molecule has 27 heavy (non-hydrogen) atoms. The van der Waals surface area contributed by atoms with E-state index < -0.39 is 0 Å². The predicted molar refractivity (Wildman–Crippen MR) is 108 cm³/mol. The van der Waals surface area contributed by atoms with Crippen LogP contribution in [0.1, 0.15) is 36.6 Å². The number of carbonyl (C=O) groups is 2. The summed E-state index contributed by atoms with van der Waals surface area (Å²) in [7, 11) is 3.25. The molecule has 0 amide bonds. The molecule has 1 fully saturated rings. The number of rotatable bonds is 6. The zero-order valence-corrected chi connectivity index (χ0v) is 16.8. The second-order valence-corrected chi connectivity index (χ2v) is 7.20. The van der Waals surface area contributed by atoms with Crippen molar-refractivity contribution in [3.05, 3.63) is 41.0 Å². The van der Waals surface area contributed by atoms with Crippen molar-refractivity contribution in [3.63, 3.8) is 0 Å². The Kier molecular flexibility index (Phi) is 8.57. The second-order valence-electron chi connectivity index (χ2n) is 6.35. The molecule has 7 heteroatoms. The molecule has 6 nitrogen and oxygen atoms in total. The van der Waals surface area contributed by atoms with Gasteiger partial charge >= 0.3 is 5.97 Å². The number of ether oxygens (including phenoxy) is 1. The monoisotopic (exact) mass is 389 g/mol. The molecule has 2 aromatic rings. The summed E-state index contributed by atoms with van der Waals surface area (Å²) in [5.74, 6) is -0.216. The van der Waals surface area contributed by atoms with Crippen molar-refractivity contribution in [2.24, 2.45) is 0 Å². The lowest BCUT2D eigenvalue weighted by Crippen LogP contribution is -2.21. The van der Waals surface area contributed by atoms with E-state index in [2.05, 4.69) is 27.8 Å². The van der Waals surface area contributed by atoms with Crippen LogP contribution in [0.2, 0.25) is 0 Å². The van der Waals surface area contributed by atoms with Crippen LogP contribution in [0.5, 0.6) is 0 Å². The molecule has 0 aliphatic carbocycles. The highest BCUT2D eigenvalue weighted by molar-refractivity contribution is 7.13. The summed E-state index contributed by atoms with van der Waals surface area (Å²) in [4.78, 5) is 26.8. The Balaban J connectivity index is 0.000000313. The maximum Gasteiger partial charge on any atom is 0.307 e. The fourth-order valence-corrected chi connectivity index (χ4v) is 3.72. The predicted octanol–water partition coefficient (Wildman–Crippen LogP) is 2.88. The van der Waals surface area contributed by atoms with Gasteiger partial charge in [0.15, 0.2) is 0 Å². The first-order valence-electron chi connectivity index (χ1n) is 9.02. The first kappa shape index (κ1) is 21.2. The van der Waals surface area contributed by atoms with Crippen LogP contribution >= 0.6 is 11.3 Å². The number of aromatic nitrogens is 1. The zero-order chi connectivity index (χ0) is 19.6. The van der Waals surface area contributed by atoms with E-state index in [4.69, 9.17) is 4.74 Å². The van der Waals surface area contributed by atoms with Gasteiger partial charge in [-0.2, -0.15) is 0 Å². The van der Waals surface area contributed by atoms with Crippen molar-refractivity contribution >= 4 is 23.6 Å². The second kappa shape index (κ2) is 10.9. The topological polar surface area (TPSA) is 80.3 Å². The zero-order valence-electron chi connectivity index (χ0n) is 16.0. The average Bonchev–Trinajstić information content (AvgIpc) is 3.38. The van der Waals surface area contributed by atoms with Crippen molar-refractivity contribution in [2.45, 2.75) is 38.3 Å². The number of esters is 1. The highest BCUT2D eigenvalue weighted by atomic mass is 32.1. The Bertz CT molecular complexity index is 724. The molecule has 1 aromatic carbocycles. The molecule has 0 saturated carbocycles. The molecule has 0 spiro atoms. The number of methoxy groups -OCH3 is 1. The first-order chi connectivity index (χ1) is 13.1. The van der Waals surface area contributed by atoms with E-state index in [-0.39, 0.29) is 18.1 Å². The van der Waals surface area contributed by atoms with Gasteiger partial charge in [-0.15, -0.1) is 11.3 Å². The number of aldehydes is 1. The standard InChI is InChI=1S/C15H18N2O2S.C5H9NO/c1-10-15(20-9-17-10)12-6-4-11(5-7-12)13(16-2)8-14(18)19-3;7-4-5-2-1-3-6-5/h4-7,9,13,16H,8H2,1-3H3;4-6H,1-3H2. The van der Waals surface area contributed by atoms with Gasteiger partial charge in [-0.05, 0) is 44.5 Å². The van der Waals surface area contributed by atoms with E-state index in [1.54, 1.807) is 11.3 Å². The molecule has 2 heterocycles. The van der Waals surface area contributed by atoms with Gasteiger partial charge in [0.05, 0.1) is 35.7 Å². The minimum Gasteiger partial charge on any atom is -0.469 e. The van der Waals surface area contributed by atoms with Gasteiger partial charge in [0, 0.05) is 6.04 Å². The molecule has 1 saturated heterocycles. The lowest BCUT2D eigenvalue weighted by atomic mass is 10.0. The molecular weight excluding hydrogens is 362 g/mol. The summed E-state index contributed by atoms with van der Waals surface area (Å²) in [6.07, 6.45) is 3.49. The van der Waals surface area contributed by atoms with E-state index in [9.17, 15) is 9.59 Å². The number of hydrogen-bond donors (Lipinski definition) is 2. The van der Waals surface area contributed by atoms with Gasteiger partial charge in [-0.3, -0.25) is 4.79 Å². The quantitative estimate of drug-likeness (QED) is 0.584. The van der Waals surface area contributed by atoms with E-state index in [0.29, 0.717) is 6.42 Å². The van der Waals surface area contributed by atoms with E-state index >= 15 is 0 Å². The number of nitrogens with one attached hydrogen (secondary N) is 2. The summed E-state index contributed by atoms with van der Waals surface area (Å²) in [6.45, 7) is 3.02. The molecule has 3 rings (SSSR count). The third-order valence-electron chi connectivity index (χ3n) is 4.53. The number of nitrogens with zero attached hydrogens (tertiary/aromatic N) is 1. The largest absolute Gasteiger partial charge is 0.469 e. The summed E-state index contributed by atoms with van der Waals surface area (Å²) >= 11 is 1.64. The highest BCUT2D eigenvalue weighted by Gasteiger charge is 2.15. The summed E-state index contributed by atoms with van der Waals surface area (Å²) < 4.78 is 4.72. The van der Waals surface area contributed by atoms with E-state index in [1.165, 1.54) is 12.0 Å². The molecule has 1 aliphatic rings. The van der Waals surface area contributed by atoms with Crippen molar-refractivity contribution in [1.29, 1.82) is 0 Å². The van der Waals surface area contributed by atoms with Crippen LogP contribution in [0.3, 0.4) is 0 Å². The SMILES string of the molecule is CNC(CC(=O)OC)c1ccc(-c2scnc2C)cc1.O=CC1CCCN1. The van der Waals surface area contributed by atoms with Gasteiger partial charge in [0.25, 0.3) is 0 Å². The van der Waals surface area contributed by atoms with Crippen LogP contribution in [-0.4, -0.2) is 44.0 Å². The first-order valence-corrected chi connectivity index (χ1v) is 9.90. The van der Waals surface area contributed by atoms with Gasteiger partial charge in [0.2, 0.25) is 0 Å². The van der Waals surface area contributed by atoms with Crippen LogP contribution < -0.4 is 10.6 Å². The average molecular weight is 390 g/mol. The van der Waals surface area contributed by atoms with Gasteiger partial charge in [-0.1, -0.05) is 24.3 Å². The Morgan fingerprint density at radius 2 is 2.19 bits per heavy atom. The molecule has 1 aliphatic heterocycles. The number of carbonyl (C=O) groups excluding carboxylic acids is 2. The van der Waals surface area contributed by atoms with Crippen LogP contribution in [0.25, 0.3) is 10.4 Å². The van der Waals surface area contributed by atoms with Gasteiger partial charge in [0.1, 0.15) is 6.29 Å². The Morgan fingerprint density at radius 1 is 1.44 bits per heavy atom. The summed E-state index contributed by atoms with van der Waals surface area (Å²) in [5, 5.41) is 6.18. The summed E-state index contributed by atoms with van der Waals surface area (Å²) in [5.41, 5.74) is 5.12. The number of benzene rings is 1. The molecule has 0 bridgehead atoms. The molecule has 1 aromatic heterocycles. The maximum atomic E-state index is 11.4. The Hall–Kier alpha value is -2.09. The molecule has 2 atom stereocenters. The number of hydrogen-bond acceptors (Lipinski definition) is 7.